The molecule has 1 heterocycles. The molecule has 7 nitrogen and oxygen atoms in total. The van der Waals surface area contributed by atoms with Crippen molar-refractivity contribution in [1.29, 1.82) is 0 Å². The lowest BCUT2D eigenvalue weighted by Gasteiger charge is -2.16. The van der Waals surface area contributed by atoms with Crippen LogP contribution in [0.2, 0.25) is 0 Å². The predicted molar refractivity (Wildman–Crippen MR) is 104 cm³/mol. The largest absolute Gasteiger partial charge is 0.454 e. The number of carbonyl (C=O) groups excluding carboxylic acids is 2. The van der Waals surface area contributed by atoms with E-state index >= 15 is 0 Å². The zero-order valence-corrected chi connectivity index (χ0v) is 15.5. The van der Waals surface area contributed by atoms with Gasteiger partial charge in [0.05, 0.1) is 12.6 Å². The first-order valence-corrected chi connectivity index (χ1v) is 9.00. The third-order valence-electron chi connectivity index (χ3n) is 4.28. The van der Waals surface area contributed by atoms with Crippen molar-refractivity contribution in [2.75, 3.05) is 13.4 Å². The van der Waals surface area contributed by atoms with Crippen molar-refractivity contribution < 1.29 is 24.2 Å². The van der Waals surface area contributed by atoms with Gasteiger partial charge in [-0.1, -0.05) is 31.2 Å². The minimum atomic E-state index is -0.483. The third kappa shape index (κ3) is 4.69. The van der Waals surface area contributed by atoms with E-state index in [1.54, 1.807) is 54.6 Å². The molecule has 28 heavy (non-hydrogen) atoms. The molecule has 146 valence electrons. The monoisotopic (exact) mass is 382 g/mol. The average molecular weight is 382 g/mol. The van der Waals surface area contributed by atoms with Crippen molar-refractivity contribution in [2.45, 2.75) is 19.4 Å². The van der Waals surface area contributed by atoms with E-state index in [0.29, 0.717) is 29.0 Å². The Labute approximate surface area is 163 Å². The number of nitrogens with one attached hydrogen (secondary N) is 2. The molecule has 2 aromatic rings. The van der Waals surface area contributed by atoms with Crippen molar-refractivity contribution in [1.82, 2.24) is 10.6 Å². The summed E-state index contributed by atoms with van der Waals surface area (Å²) in [7, 11) is 0. The molecule has 1 atom stereocenters. The number of hydrogen-bond acceptors (Lipinski definition) is 5. The van der Waals surface area contributed by atoms with E-state index in [9.17, 15) is 14.7 Å². The summed E-state index contributed by atoms with van der Waals surface area (Å²) in [6, 6.07) is 13.4. The first-order chi connectivity index (χ1) is 13.6. The summed E-state index contributed by atoms with van der Waals surface area (Å²) in [4.78, 5) is 25.3. The summed E-state index contributed by atoms with van der Waals surface area (Å²) in [6.07, 6.45) is 2.12. The van der Waals surface area contributed by atoms with Gasteiger partial charge in [0.1, 0.15) is 5.70 Å². The topological polar surface area (TPSA) is 96.9 Å². The first kappa shape index (κ1) is 19.4. The van der Waals surface area contributed by atoms with Crippen molar-refractivity contribution in [3.63, 3.8) is 0 Å². The van der Waals surface area contributed by atoms with E-state index in [4.69, 9.17) is 9.47 Å². The molecule has 0 radical (unpaired) electrons. The molecule has 3 rings (SSSR count). The molecule has 0 bridgehead atoms. The fourth-order valence-corrected chi connectivity index (χ4v) is 2.65. The molecule has 1 aliphatic heterocycles. The van der Waals surface area contributed by atoms with Gasteiger partial charge in [-0.3, -0.25) is 9.59 Å². The second-order valence-electron chi connectivity index (χ2n) is 6.25. The quantitative estimate of drug-likeness (QED) is 0.637. The molecule has 0 saturated carbocycles. The molecule has 3 N–H and O–H groups in total. The second kappa shape index (κ2) is 9.05. The Morgan fingerprint density at radius 2 is 1.89 bits per heavy atom. The maximum absolute atomic E-state index is 12.7. The van der Waals surface area contributed by atoms with Gasteiger partial charge in [0.2, 0.25) is 6.79 Å². The molecular formula is C21H22N2O5. The number of benzene rings is 2. The number of fused-ring (bicyclic) bond motifs is 1. The van der Waals surface area contributed by atoms with Gasteiger partial charge in [-0.25, -0.2) is 0 Å². The van der Waals surface area contributed by atoms with Crippen LogP contribution in [0, 0.1) is 0 Å². The second-order valence-corrected chi connectivity index (χ2v) is 6.25. The van der Waals surface area contributed by atoms with E-state index in [1.807, 2.05) is 6.92 Å². The lowest BCUT2D eigenvalue weighted by atomic mass is 10.1. The van der Waals surface area contributed by atoms with Crippen LogP contribution in [0.1, 0.15) is 29.3 Å². The lowest BCUT2D eigenvalue weighted by molar-refractivity contribution is -0.118. The number of aliphatic hydroxyl groups excluding tert-OH is 1. The minimum Gasteiger partial charge on any atom is -0.454 e. The van der Waals surface area contributed by atoms with Crippen LogP contribution in [0.3, 0.4) is 0 Å². The SMILES string of the molecule is CCC(CO)NC(=O)/C(=C\c1ccc2c(c1)OCO2)NC(=O)c1ccccc1. The van der Waals surface area contributed by atoms with Crippen LogP contribution in [0.5, 0.6) is 11.5 Å². The number of ether oxygens (including phenoxy) is 2. The molecule has 1 aliphatic rings. The van der Waals surface area contributed by atoms with Crippen LogP contribution >= 0.6 is 0 Å². The normalized spacial score (nSPS) is 13.7. The number of aliphatic hydroxyl groups is 1. The van der Waals surface area contributed by atoms with Gasteiger partial charge in [-0.05, 0) is 42.3 Å². The summed E-state index contributed by atoms with van der Waals surface area (Å²) in [5.74, 6) is 0.315. The van der Waals surface area contributed by atoms with Crippen LogP contribution in [-0.2, 0) is 4.79 Å². The summed E-state index contributed by atoms with van der Waals surface area (Å²) in [6.45, 7) is 1.81. The van der Waals surface area contributed by atoms with Crippen molar-refractivity contribution in [2.24, 2.45) is 0 Å². The number of carbonyl (C=O) groups is 2. The number of amides is 2. The molecule has 0 aliphatic carbocycles. The fraction of sp³-hybridized carbons (Fsp3) is 0.238. The molecule has 2 aromatic carbocycles. The van der Waals surface area contributed by atoms with Gasteiger partial charge in [0, 0.05) is 5.56 Å². The Hall–Kier alpha value is -3.32. The predicted octanol–water partition coefficient (Wildman–Crippen LogP) is 2.07. The molecule has 0 saturated heterocycles. The van der Waals surface area contributed by atoms with Gasteiger partial charge < -0.3 is 25.2 Å². The standard InChI is InChI=1S/C21H22N2O5/c1-2-16(12-24)22-21(26)17(23-20(25)15-6-4-3-5-7-15)10-14-8-9-18-19(11-14)28-13-27-18/h3-11,16,24H,2,12-13H2,1H3,(H,22,26)(H,23,25)/b17-10+. The lowest BCUT2D eigenvalue weighted by Crippen LogP contribution is -2.41. The highest BCUT2D eigenvalue weighted by atomic mass is 16.7. The summed E-state index contributed by atoms with van der Waals surface area (Å²) in [5, 5.41) is 14.7. The molecular weight excluding hydrogens is 360 g/mol. The maximum Gasteiger partial charge on any atom is 0.268 e. The Morgan fingerprint density at radius 3 is 2.61 bits per heavy atom. The van der Waals surface area contributed by atoms with Crippen molar-refractivity contribution in [3.8, 4) is 11.5 Å². The van der Waals surface area contributed by atoms with E-state index < -0.39 is 17.9 Å². The number of hydrogen-bond donors (Lipinski definition) is 3. The van der Waals surface area contributed by atoms with E-state index in [2.05, 4.69) is 10.6 Å². The molecule has 0 aromatic heterocycles. The maximum atomic E-state index is 12.7. The van der Waals surface area contributed by atoms with Crippen LogP contribution in [0.4, 0.5) is 0 Å². The third-order valence-corrected chi connectivity index (χ3v) is 4.28. The average Bonchev–Trinajstić information content (AvgIpc) is 3.19. The fourth-order valence-electron chi connectivity index (χ4n) is 2.65. The van der Waals surface area contributed by atoms with Crippen LogP contribution in [0.25, 0.3) is 6.08 Å². The van der Waals surface area contributed by atoms with Crippen molar-refractivity contribution >= 4 is 17.9 Å². The van der Waals surface area contributed by atoms with Gasteiger partial charge in [0.15, 0.2) is 11.5 Å². The summed E-state index contributed by atoms with van der Waals surface area (Å²) >= 11 is 0. The van der Waals surface area contributed by atoms with E-state index in [1.165, 1.54) is 0 Å². The molecule has 7 heteroatoms. The Balaban J connectivity index is 1.87. The smallest absolute Gasteiger partial charge is 0.268 e. The van der Waals surface area contributed by atoms with Gasteiger partial charge in [0.25, 0.3) is 11.8 Å². The van der Waals surface area contributed by atoms with Gasteiger partial charge in [-0.2, -0.15) is 0 Å². The van der Waals surface area contributed by atoms with Crippen molar-refractivity contribution in [3.05, 3.63) is 65.4 Å². The molecule has 0 spiro atoms. The summed E-state index contributed by atoms with van der Waals surface area (Å²) < 4.78 is 10.6. The minimum absolute atomic E-state index is 0.0691. The van der Waals surface area contributed by atoms with Crippen LogP contribution in [-0.4, -0.2) is 36.4 Å². The van der Waals surface area contributed by atoms with Crippen LogP contribution in [0.15, 0.2) is 54.2 Å². The molecule has 1 unspecified atom stereocenters. The van der Waals surface area contributed by atoms with Gasteiger partial charge in [-0.15, -0.1) is 0 Å². The van der Waals surface area contributed by atoms with Gasteiger partial charge >= 0.3 is 0 Å². The zero-order valence-electron chi connectivity index (χ0n) is 15.5. The Kier molecular flexibility index (Phi) is 6.29. The highest BCUT2D eigenvalue weighted by molar-refractivity contribution is 6.05. The highest BCUT2D eigenvalue weighted by Crippen LogP contribution is 2.33. The summed E-state index contributed by atoms with van der Waals surface area (Å²) in [5.41, 5.74) is 1.17. The van der Waals surface area contributed by atoms with Crippen LogP contribution < -0.4 is 20.1 Å². The van der Waals surface area contributed by atoms with E-state index in [-0.39, 0.29) is 19.1 Å². The Bertz CT molecular complexity index is 876. The highest BCUT2D eigenvalue weighted by Gasteiger charge is 2.18. The molecule has 0 fully saturated rings. The van der Waals surface area contributed by atoms with E-state index in [0.717, 1.165) is 0 Å². The zero-order chi connectivity index (χ0) is 19.9. The molecule has 2 amide bonds. The Morgan fingerprint density at radius 1 is 1.14 bits per heavy atom. The first-order valence-electron chi connectivity index (χ1n) is 9.00. The number of rotatable bonds is 7.